The number of nitrogens with zero attached hydrogens (tertiary/aromatic N) is 3. The van der Waals surface area contributed by atoms with Crippen LogP contribution in [0, 0.1) is 6.92 Å². The van der Waals surface area contributed by atoms with Crippen LogP contribution in [0.2, 0.25) is 0 Å². The van der Waals surface area contributed by atoms with Crippen molar-refractivity contribution in [2.75, 3.05) is 5.32 Å². The van der Waals surface area contributed by atoms with Crippen molar-refractivity contribution in [3.8, 4) is 0 Å². The number of anilines is 1. The molecular formula is C12H14N4. The molecule has 1 unspecified atom stereocenters. The fraction of sp³-hybridized carbons (Fsp3) is 0.333. The lowest BCUT2D eigenvalue weighted by molar-refractivity contribution is 0.541. The summed E-state index contributed by atoms with van der Waals surface area (Å²) in [5.41, 5.74) is 2.30. The van der Waals surface area contributed by atoms with E-state index in [0.29, 0.717) is 6.04 Å². The zero-order chi connectivity index (χ0) is 11.0. The Morgan fingerprint density at radius 1 is 1.50 bits per heavy atom. The maximum Gasteiger partial charge on any atom is 0.203 e. The minimum absolute atomic E-state index is 0.336. The largest absolute Gasteiger partial charge is 0.349 e. The van der Waals surface area contributed by atoms with E-state index in [0.717, 1.165) is 24.6 Å². The first kappa shape index (κ1) is 9.39. The molecule has 4 heteroatoms. The average molecular weight is 214 g/mol. The number of hydrogen-bond acceptors (Lipinski definition) is 3. The lowest BCUT2D eigenvalue weighted by atomic mass is 10.1. The van der Waals surface area contributed by atoms with E-state index in [9.17, 15) is 0 Å². The van der Waals surface area contributed by atoms with Crippen LogP contribution in [0.25, 0.3) is 0 Å². The van der Waals surface area contributed by atoms with Gasteiger partial charge in [-0.3, -0.25) is 4.98 Å². The van der Waals surface area contributed by atoms with Crippen LogP contribution in [0.15, 0.2) is 30.7 Å². The lowest BCUT2D eigenvalue weighted by Crippen LogP contribution is -2.21. The quantitative estimate of drug-likeness (QED) is 0.791. The molecule has 1 N–H and O–H groups in total. The van der Waals surface area contributed by atoms with Gasteiger partial charge in [0.05, 0.1) is 11.7 Å². The summed E-state index contributed by atoms with van der Waals surface area (Å²) in [7, 11) is 0. The maximum absolute atomic E-state index is 4.46. The van der Waals surface area contributed by atoms with Crippen molar-refractivity contribution < 1.29 is 0 Å². The Morgan fingerprint density at radius 2 is 2.44 bits per heavy atom. The van der Waals surface area contributed by atoms with Gasteiger partial charge in [-0.1, -0.05) is 6.07 Å². The zero-order valence-corrected chi connectivity index (χ0v) is 9.22. The van der Waals surface area contributed by atoms with Crippen LogP contribution >= 0.6 is 0 Å². The van der Waals surface area contributed by atoms with Gasteiger partial charge in [-0.05, 0) is 25.0 Å². The Balaban J connectivity index is 1.88. The van der Waals surface area contributed by atoms with Gasteiger partial charge in [-0.25, -0.2) is 4.98 Å². The van der Waals surface area contributed by atoms with Crippen molar-refractivity contribution in [2.45, 2.75) is 25.9 Å². The Labute approximate surface area is 94.4 Å². The van der Waals surface area contributed by atoms with Crippen LogP contribution in [0.4, 0.5) is 5.95 Å². The molecule has 3 heterocycles. The Morgan fingerprint density at radius 3 is 3.25 bits per heavy atom. The van der Waals surface area contributed by atoms with E-state index in [2.05, 4.69) is 32.1 Å². The third-order valence-electron chi connectivity index (χ3n) is 2.95. The van der Waals surface area contributed by atoms with E-state index < -0.39 is 0 Å². The van der Waals surface area contributed by atoms with Crippen molar-refractivity contribution in [1.29, 1.82) is 0 Å². The second-order valence-electron chi connectivity index (χ2n) is 4.17. The first-order valence-corrected chi connectivity index (χ1v) is 5.53. The highest BCUT2D eigenvalue weighted by molar-refractivity contribution is 5.35. The highest BCUT2D eigenvalue weighted by Crippen LogP contribution is 2.27. The molecule has 4 nitrogen and oxygen atoms in total. The van der Waals surface area contributed by atoms with E-state index in [1.165, 1.54) is 5.56 Å². The van der Waals surface area contributed by atoms with Crippen molar-refractivity contribution in [1.82, 2.24) is 14.5 Å². The van der Waals surface area contributed by atoms with Gasteiger partial charge < -0.3 is 9.88 Å². The summed E-state index contributed by atoms with van der Waals surface area (Å²) < 4.78 is 2.17. The van der Waals surface area contributed by atoms with Crippen LogP contribution in [-0.2, 0) is 6.54 Å². The summed E-state index contributed by atoms with van der Waals surface area (Å²) in [5, 5.41) is 3.45. The molecule has 16 heavy (non-hydrogen) atoms. The fourth-order valence-corrected chi connectivity index (χ4v) is 2.16. The molecule has 0 bridgehead atoms. The number of rotatable bonds is 1. The predicted molar refractivity (Wildman–Crippen MR) is 62.2 cm³/mol. The van der Waals surface area contributed by atoms with E-state index in [1.807, 2.05) is 19.2 Å². The summed E-state index contributed by atoms with van der Waals surface area (Å²) in [6.07, 6.45) is 6.89. The summed E-state index contributed by atoms with van der Waals surface area (Å²) in [4.78, 5) is 8.61. The Hall–Kier alpha value is -1.84. The van der Waals surface area contributed by atoms with Gasteiger partial charge in [0.1, 0.15) is 0 Å². The number of pyridine rings is 1. The molecule has 1 aliphatic heterocycles. The number of imidazole rings is 1. The number of hydrogen-bond donors (Lipinski definition) is 1. The molecule has 82 valence electrons. The number of fused-ring (bicyclic) bond motifs is 1. The van der Waals surface area contributed by atoms with E-state index in [1.54, 1.807) is 6.20 Å². The standard InChI is InChI=1S/C12H14N4/c1-9-8-16-6-4-11(15-12(16)14-9)10-3-2-5-13-7-10/h2-3,5,7-8,11H,4,6H2,1H3,(H,14,15). The number of aromatic nitrogens is 3. The van der Waals surface area contributed by atoms with Crippen molar-refractivity contribution in [3.05, 3.63) is 42.0 Å². The van der Waals surface area contributed by atoms with Crippen LogP contribution in [0.5, 0.6) is 0 Å². The van der Waals surface area contributed by atoms with Crippen LogP contribution in [0.3, 0.4) is 0 Å². The monoisotopic (exact) mass is 214 g/mol. The molecule has 1 aliphatic rings. The lowest BCUT2D eigenvalue weighted by Gasteiger charge is -2.25. The summed E-state index contributed by atoms with van der Waals surface area (Å²) in [6.45, 7) is 3.04. The molecule has 0 amide bonds. The molecule has 0 aliphatic carbocycles. The molecule has 0 aromatic carbocycles. The predicted octanol–water partition coefficient (Wildman–Crippen LogP) is 2.14. The van der Waals surface area contributed by atoms with Crippen LogP contribution < -0.4 is 5.32 Å². The molecule has 3 rings (SSSR count). The van der Waals surface area contributed by atoms with Gasteiger partial charge in [0.2, 0.25) is 5.95 Å². The third-order valence-corrected chi connectivity index (χ3v) is 2.95. The van der Waals surface area contributed by atoms with E-state index in [4.69, 9.17) is 0 Å². The Kier molecular flexibility index (Phi) is 2.13. The van der Waals surface area contributed by atoms with Crippen molar-refractivity contribution in [2.24, 2.45) is 0 Å². The maximum atomic E-state index is 4.46. The first-order chi connectivity index (χ1) is 7.83. The highest BCUT2D eigenvalue weighted by Gasteiger charge is 2.20. The first-order valence-electron chi connectivity index (χ1n) is 5.53. The second-order valence-corrected chi connectivity index (χ2v) is 4.17. The second kappa shape index (κ2) is 3.63. The molecule has 0 spiro atoms. The number of nitrogens with one attached hydrogen (secondary N) is 1. The molecule has 0 radical (unpaired) electrons. The Bertz CT molecular complexity index is 489. The minimum atomic E-state index is 0.336. The normalized spacial score (nSPS) is 18.9. The van der Waals surface area contributed by atoms with Crippen molar-refractivity contribution >= 4 is 5.95 Å². The van der Waals surface area contributed by atoms with Gasteiger partial charge in [0.15, 0.2) is 0 Å². The molecule has 0 fully saturated rings. The van der Waals surface area contributed by atoms with E-state index in [-0.39, 0.29) is 0 Å². The number of aryl methyl sites for hydroxylation is 2. The van der Waals surface area contributed by atoms with Gasteiger partial charge >= 0.3 is 0 Å². The molecule has 0 saturated heterocycles. The van der Waals surface area contributed by atoms with Crippen LogP contribution in [0.1, 0.15) is 23.7 Å². The SMILES string of the molecule is Cc1cn2c(n1)NC(c1cccnc1)CC2. The minimum Gasteiger partial charge on any atom is -0.349 e. The van der Waals surface area contributed by atoms with Crippen LogP contribution in [-0.4, -0.2) is 14.5 Å². The summed E-state index contributed by atoms with van der Waals surface area (Å²) in [5.74, 6) is 0.970. The third kappa shape index (κ3) is 1.56. The van der Waals surface area contributed by atoms with E-state index >= 15 is 0 Å². The fourth-order valence-electron chi connectivity index (χ4n) is 2.16. The van der Waals surface area contributed by atoms with Gasteiger partial charge in [0.25, 0.3) is 0 Å². The summed E-state index contributed by atoms with van der Waals surface area (Å²) in [6, 6.07) is 4.42. The highest BCUT2D eigenvalue weighted by atomic mass is 15.2. The molecule has 2 aromatic rings. The smallest absolute Gasteiger partial charge is 0.203 e. The molecule has 1 atom stereocenters. The topological polar surface area (TPSA) is 42.7 Å². The van der Waals surface area contributed by atoms with Crippen molar-refractivity contribution in [3.63, 3.8) is 0 Å². The molecular weight excluding hydrogens is 200 g/mol. The summed E-state index contributed by atoms with van der Waals surface area (Å²) >= 11 is 0. The van der Waals surface area contributed by atoms with Gasteiger partial charge in [-0.2, -0.15) is 0 Å². The van der Waals surface area contributed by atoms with Gasteiger partial charge in [0, 0.05) is 25.1 Å². The average Bonchev–Trinajstić information content (AvgIpc) is 2.69. The van der Waals surface area contributed by atoms with Gasteiger partial charge in [-0.15, -0.1) is 0 Å². The molecule has 2 aromatic heterocycles. The molecule has 0 saturated carbocycles. The zero-order valence-electron chi connectivity index (χ0n) is 9.22.